The highest BCUT2D eigenvalue weighted by Gasteiger charge is 2.26. The molecule has 2 N–H and O–H groups in total. The first-order valence-corrected chi connectivity index (χ1v) is 6.57. The fourth-order valence-corrected chi connectivity index (χ4v) is 2.37. The van der Waals surface area contributed by atoms with Gasteiger partial charge >= 0.3 is 0 Å². The summed E-state index contributed by atoms with van der Waals surface area (Å²) >= 11 is 0. The number of benzene rings is 2. The summed E-state index contributed by atoms with van der Waals surface area (Å²) in [5, 5.41) is 0. The minimum atomic E-state index is -0.175. The zero-order chi connectivity index (χ0) is 14.8. The molecule has 0 aliphatic heterocycles. The van der Waals surface area contributed by atoms with Crippen molar-refractivity contribution in [2.45, 2.75) is 19.3 Å². The maximum atomic E-state index is 5.76. The summed E-state index contributed by atoms with van der Waals surface area (Å²) in [7, 11) is 3.33. The lowest BCUT2D eigenvalue weighted by Crippen LogP contribution is -2.20. The molecule has 2 aromatic rings. The van der Waals surface area contributed by atoms with Crippen LogP contribution in [0.5, 0.6) is 11.5 Å². The fraction of sp³-hybridized carbons (Fsp3) is 0.294. The SMILES string of the molecule is COc1ccc(C(C)(C)c2ccc(N)cc2)c(OC)c1. The molecular weight excluding hydrogens is 250 g/mol. The van der Waals surface area contributed by atoms with E-state index in [1.807, 2.05) is 30.3 Å². The summed E-state index contributed by atoms with van der Waals surface area (Å²) < 4.78 is 10.8. The molecule has 2 rings (SSSR count). The molecule has 2 aromatic carbocycles. The summed E-state index contributed by atoms with van der Waals surface area (Å²) in [6.07, 6.45) is 0. The number of nitrogen functional groups attached to an aromatic ring is 1. The van der Waals surface area contributed by atoms with E-state index in [2.05, 4.69) is 26.0 Å². The Kier molecular flexibility index (Phi) is 3.89. The summed E-state index contributed by atoms with van der Waals surface area (Å²) in [6, 6.07) is 13.9. The van der Waals surface area contributed by atoms with E-state index in [-0.39, 0.29) is 5.41 Å². The molecular formula is C17H21NO2. The van der Waals surface area contributed by atoms with Crippen LogP contribution in [0.2, 0.25) is 0 Å². The molecule has 0 aliphatic rings. The van der Waals surface area contributed by atoms with Gasteiger partial charge in [0, 0.05) is 22.7 Å². The maximum absolute atomic E-state index is 5.76. The van der Waals surface area contributed by atoms with E-state index >= 15 is 0 Å². The van der Waals surface area contributed by atoms with Crippen LogP contribution in [0.25, 0.3) is 0 Å². The van der Waals surface area contributed by atoms with Crippen molar-refractivity contribution < 1.29 is 9.47 Å². The van der Waals surface area contributed by atoms with E-state index in [1.165, 1.54) is 5.56 Å². The highest BCUT2D eigenvalue weighted by atomic mass is 16.5. The number of hydrogen-bond acceptors (Lipinski definition) is 3. The Labute approximate surface area is 120 Å². The van der Waals surface area contributed by atoms with Gasteiger partial charge in [0.1, 0.15) is 11.5 Å². The molecule has 0 saturated carbocycles. The van der Waals surface area contributed by atoms with Crippen LogP contribution in [-0.4, -0.2) is 14.2 Å². The minimum Gasteiger partial charge on any atom is -0.497 e. The van der Waals surface area contributed by atoms with Gasteiger partial charge < -0.3 is 15.2 Å². The molecule has 0 saturated heterocycles. The first-order chi connectivity index (χ1) is 9.48. The molecule has 0 fully saturated rings. The van der Waals surface area contributed by atoms with Gasteiger partial charge in [0.2, 0.25) is 0 Å². The highest BCUT2D eigenvalue weighted by molar-refractivity contribution is 5.51. The van der Waals surface area contributed by atoms with Crippen molar-refractivity contribution in [1.29, 1.82) is 0 Å². The number of nitrogens with two attached hydrogens (primary N) is 1. The summed E-state index contributed by atoms with van der Waals surface area (Å²) in [5.74, 6) is 1.62. The Morgan fingerprint density at radius 1 is 0.900 bits per heavy atom. The Balaban J connectivity index is 2.50. The Morgan fingerprint density at radius 3 is 2.10 bits per heavy atom. The van der Waals surface area contributed by atoms with Gasteiger partial charge in [0.05, 0.1) is 14.2 Å². The van der Waals surface area contributed by atoms with Crippen LogP contribution in [0.4, 0.5) is 5.69 Å². The van der Waals surface area contributed by atoms with E-state index in [9.17, 15) is 0 Å². The van der Waals surface area contributed by atoms with Crippen molar-refractivity contribution in [1.82, 2.24) is 0 Å². The summed E-state index contributed by atoms with van der Waals surface area (Å²) in [4.78, 5) is 0. The van der Waals surface area contributed by atoms with Crippen molar-refractivity contribution in [3.05, 3.63) is 53.6 Å². The maximum Gasteiger partial charge on any atom is 0.126 e. The van der Waals surface area contributed by atoms with E-state index in [0.29, 0.717) is 0 Å². The van der Waals surface area contributed by atoms with Gasteiger partial charge in [-0.15, -0.1) is 0 Å². The van der Waals surface area contributed by atoms with E-state index in [0.717, 1.165) is 22.7 Å². The molecule has 3 heteroatoms. The molecule has 0 spiro atoms. The van der Waals surface area contributed by atoms with Gasteiger partial charge in [-0.25, -0.2) is 0 Å². The molecule has 0 atom stereocenters. The van der Waals surface area contributed by atoms with Crippen LogP contribution in [0.3, 0.4) is 0 Å². The van der Waals surface area contributed by atoms with Crippen LogP contribution in [0, 0.1) is 0 Å². The van der Waals surface area contributed by atoms with Gasteiger partial charge in [-0.1, -0.05) is 32.0 Å². The lowest BCUT2D eigenvalue weighted by molar-refractivity contribution is 0.385. The van der Waals surface area contributed by atoms with Gasteiger partial charge in [-0.3, -0.25) is 0 Å². The van der Waals surface area contributed by atoms with Crippen molar-refractivity contribution in [3.8, 4) is 11.5 Å². The molecule has 20 heavy (non-hydrogen) atoms. The quantitative estimate of drug-likeness (QED) is 0.864. The molecule has 3 nitrogen and oxygen atoms in total. The molecule has 0 bridgehead atoms. The Bertz CT molecular complexity index is 588. The number of methoxy groups -OCH3 is 2. The standard InChI is InChI=1S/C17H21NO2/c1-17(2,12-5-7-13(18)8-6-12)15-10-9-14(19-3)11-16(15)20-4/h5-11H,18H2,1-4H3. The second-order valence-corrected chi connectivity index (χ2v) is 5.31. The van der Waals surface area contributed by atoms with Gasteiger partial charge in [0.15, 0.2) is 0 Å². The minimum absolute atomic E-state index is 0.175. The number of hydrogen-bond donors (Lipinski definition) is 1. The Morgan fingerprint density at radius 2 is 1.55 bits per heavy atom. The van der Waals surface area contributed by atoms with Crippen LogP contribution < -0.4 is 15.2 Å². The van der Waals surface area contributed by atoms with Crippen LogP contribution in [0.1, 0.15) is 25.0 Å². The average Bonchev–Trinajstić information content (AvgIpc) is 2.46. The second kappa shape index (κ2) is 5.45. The highest BCUT2D eigenvalue weighted by Crippen LogP contribution is 2.39. The van der Waals surface area contributed by atoms with Crippen molar-refractivity contribution in [2.75, 3.05) is 20.0 Å². The van der Waals surface area contributed by atoms with E-state index < -0.39 is 0 Å². The van der Waals surface area contributed by atoms with Crippen LogP contribution in [-0.2, 0) is 5.41 Å². The number of anilines is 1. The lowest BCUT2D eigenvalue weighted by Gasteiger charge is -2.28. The van der Waals surface area contributed by atoms with Gasteiger partial charge in [0.25, 0.3) is 0 Å². The third-order valence-electron chi connectivity index (χ3n) is 3.71. The first-order valence-electron chi connectivity index (χ1n) is 6.57. The second-order valence-electron chi connectivity index (χ2n) is 5.31. The molecule has 0 aliphatic carbocycles. The van der Waals surface area contributed by atoms with Gasteiger partial charge in [-0.2, -0.15) is 0 Å². The molecule has 0 aromatic heterocycles. The van der Waals surface area contributed by atoms with Crippen molar-refractivity contribution in [3.63, 3.8) is 0 Å². The Hall–Kier alpha value is -2.16. The monoisotopic (exact) mass is 271 g/mol. The predicted octanol–water partition coefficient (Wildman–Crippen LogP) is 3.61. The van der Waals surface area contributed by atoms with E-state index in [1.54, 1.807) is 14.2 Å². The lowest BCUT2D eigenvalue weighted by atomic mass is 9.77. The zero-order valence-electron chi connectivity index (χ0n) is 12.4. The normalized spacial score (nSPS) is 11.2. The largest absolute Gasteiger partial charge is 0.497 e. The molecule has 0 unspecified atom stereocenters. The molecule has 0 heterocycles. The van der Waals surface area contributed by atoms with Crippen molar-refractivity contribution in [2.24, 2.45) is 0 Å². The molecule has 0 radical (unpaired) electrons. The van der Waals surface area contributed by atoms with Crippen LogP contribution in [0.15, 0.2) is 42.5 Å². The topological polar surface area (TPSA) is 44.5 Å². The summed E-state index contributed by atoms with van der Waals surface area (Å²) in [6.45, 7) is 4.34. The third kappa shape index (κ3) is 2.57. The number of ether oxygens (including phenoxy) is 2. The fourth-order valence-electron chi connectivity index (χ4n) is 2.37. The summed E-state index contributed by atoms with van der Waals surface area (Å²) in [5.41, 5.74) is 8.66. The third-order valence-corrected chi connectivity index (χ3v) is 3.71. The zero-order valence-corrected chi connectivity index (χ0v) is 12.4. The van der Waals surface area contributed by atoms with E-state index in [4.69, 9.17) is 15.2 Å². The molecule has 0 amide bonds. The van der Waals surface area contributed by atoms with Gasteiger partial charge in [-0.05, 0) is 23.8 Å². The van der Waals surface area contributed by atoms with Crippen molar-refractivity contribution >= 4 is 5.69 Å². The van der Waals surface area contributed by atoms with Crippen LogP contribution >= 0.6 is 0 Å². The average molecular weight is 271 g/mol. The smallest absolute Gasteiger partial charge is 0.126 e. The molecule has 106 valence electrons. The predicted molar refractivity (Wildman–Crippen MR) is 82.5 cm³/mol. The first kappa shape index (κ1) is 14.3. The number of rotatable bonds is 4.